The molecule has 0 saturated heterocycles. The molecule has 1 N–H and O–H groups in total. The summed E-state index contributed by atoms with van der Waals surface area (Å²) in [5, 5.41) is 14.7. The van der Waals surface area contributed by atoms with Crippen LogP contribution in [0.1, 0.15) is 21.5 Å². The number of hydrazone groups is 1. The van der Waals surface area contributed by atoms with Crippen molar-refractivity contribution >= 4 is 51.1 Å². The highest BCUT2D eigenvalue weighted by molar-refractivity contribution is 8.00. The van der Waals surface area contributed by atoms with Crippen molar-refractivity contribution in [2.24, 2.45) is 5.10 Å². The first kappa shape index (κ1) is 20.7. The second kappa shape index (κ2) is 9.50. The predicted molar refractivity (Wildman–Crippen MR) is 124 cm³/mol. The van der Waals surface area contributed by atoms with Crippen molar-refractivity contribution in [1.29, 1.82) is 0 Å². The normalized spacial score (nSPS) is 11.1. The Hall–Kier alpha value is -3.56. The molecule has 154 valence electrons. The van der Waals surface area contributed by atoms with E-state index in [2.05, 4.69) is 21.6 Å². The van der Waals surface area contributed by atoms with E-state index in [1.165, 1.54) is 23.0 Å². The quantitative estimate of drug-likeness (QED) is 0.180. The van der Waals surface area contributed by atoms with E-state index in [4.69, 9.17) is 0 Å². The Morgan fingerprint density at radius 3 is 2.71 bits per heavy atom. The zero-order chi connectivity index (χ0) is 21.6. The number of nitro groups is 1. The van der Waals surface area contributed by atoms with Crippen LogP contribution in [0.3, 0.4) is 0 Å². The number of benzene rings is 3. The maximum atomic E-state index is 12.3. The molecule has 31 heavy (non-hydrogen) atoms. The zero-order valence-electron chi connectivity index (χ0n) is 16.1. The molecule has 0 atom stereocenters. The lowest BCUT2D eigenvalue weighted by molar-refractivity contribution is -0.384. The van der Waals surface area contributed by atoms with Crippen molar-refractivity contribution in [3.05, 3.63) is 99.6 Å². The lowest BCUT2D eigenvalue weighted by Crippen LogP contribution is -2.17. The summed E-state index contributed by atoms with van der Waals surface area (Å²) >= 11 is 3.33. The molecule has 4 aromatic rings. The summed E-state index contributed by atoms with van der Waals surface area (Å²) in [6, 6.07) is 21.3. The average molecular weight is 449 g/mol. The molecular formula is C22H16N4O3S2. The maximum absolute atomic E-state index is 12.3. The van der Waals surface area contributed by atoms with Crippen LogP contribution in [0.25, 0.3) is 10.2 Å². The fourth-order valence-corrected chi connectivity index (χ4v) is 4.78. The largest absolute Gasteiger partial charge is 0.271 e. The molecule has 3 aromatic carbocycles. The van der Waals surface area contributed by atoms with Crippen molar-refractivity contribution in [1.82, 2.24) is 10.4 Å². The van der Waals surface area contributed by atoms with Gasteiger partial charge in [-0.2, -0.15) is 5.10 Å². The molecule has 0 saturated carbocycles. The number of carbonyl (C=O) groups is 1. The Morgan fingerprint density at radius 2 is 1.94 bits per heavy atom. The third-order valence-electron chi connectivity index (χ3n) is 4.31. The van der Waals surface area contributed by atoms with Crippen LogP contribution in [0.4, 0.5) is 5.69 Å². The van der Waals surface area contributed by atoms with Gasteiger partial charge in [0.2, 0.25) is 0 Å². The van der Waals surface area contributed by atoms with E-state index in [1.54, 1.807) is 47.4 Å². The fourth-order valence-electron chi connectivity index (χ4n) is 2.76. The molecule has 0 unspecified atom stereocenters. The molecule has 0 aliphatic heterocycles. The smallest absolute Gasteiger partial charge is 0.267 e. The molecule has 0 spiro atoms. The van der Waals surface area contributed by atoms with Crippen molar-refractivity contribution in [3.63, 3.8) is 0 Å². The summed E-state index contributed by atoms with van der Waals surface area (Å²) in [7, 11) is 0. The Bertz CT molecular complexity index is 1240. The lowest BCUT2D eigenvalue weighted by Gasteiger charge is -2.03. The highest BCUT2D eigenvalue weighted by Crippen LogP contribution is 2.31. The van der Waals surface area contributed by atoms with Gasteiger partial charge in [-0.05, 0) is 29.8 Å². The van der Waals surface area contributed by atoms with Gasteiger partial charge in [0, 0.05) is 29.0 Å². The van der Waals surface area contributed by atoms with Crippen LogP contribution in [0.2, 0.25) is 0 Å². The minimum atomic E-state index is -0.480. The zero-order valence-corrected chi connectivity index (χ0v) is 17.7. The van der Waals surface area contributed by atoms with Gasteiger partial charge in [0.25, 0.3) is 11.6 Å². The van der Waals surface area contributed by atoms with Crippen LogP contribution in [-0.2, 0) is 5.75 Å². The van der Waals surface area contributed by atoms with Gasteiger partial charge in [-0.25, -0.2) is 10.4 Å². The molecule has 9 heteroatoms. The molecule has 0 fully saturated rings. The molecule has 0 radical (unpaired) electrons. The van der Waals surface area contributed by atoms with Crippen molar-refractivity contribution in [2.45, 2.75) is 10.1 Å². The molecule has 7 nitrogen and oxygen atoms in total. The first-order valence-corrected chi connectivity index (χ1v) is 11.0. The number of aromatic nitrogens is 1. The number of nitrogens with one attached hydrogen (secondary N) is 1. The third-order valence-corrected chi connectivity index (χ3v) is 6.56. The molecular weight excluding hydrogens is 432 g/mol. The van der Waals surface area contributed by atoms with Gasteiger partial charge in [-0.15, -0.1) is 11.3 Å². The molecule has 0 aliphatic rings. The first-order valence-electron chi connectivity index (χ1n) is 9.24. The number of nitrogens with zero attached hydrogens (tertiary/aromatic N) is 3. The van der Waals surface area contributed by atoms with Gasteiger partial charge in [-0.1, -0.05) is 48.2 Å². The number of para-hydroxylation sites is 1. The number of hydrogen-bond donors (Lipinski definition) is 1. The SMILES string of the molecule is O=C(NN=Cc1cccc([N+](=O)[O-])c1)c1ccc(CSc2nc3ccccc3s2)cc1. The van der Waals surface area contributed by atoms with E-state index in [1.807, 2.05) is 30.3 Å². The second-order valence-electron chi connectivity index (χ2n) is 6.48. The Balaban J connectivity index is 1.32. The summed E-state index contributed by atoms with van der Waals surface area (Å²) < 4.78 is 2.18. The predicted octanol–water partition coefficient (Wildman–Crippen LogP) is 5.26. The van der Waals surface area contributed by atoms with Gasteiger partial charge < -0.3 is 0 Å². The summed E-state index contributed by atoms with van der Waals surface area (Å²) in [6.45, 7) is 0. The van der Waals surface area contributed by atoms with Crippen molar-refractivity contribution < 1.29 is 9.72 Å². The minimum Gasteiger partial charge on any atom is -0.267 e. The summed E-state index contributed by atoms with van der Waals surface area (Å²) in [6.07, 6.45) is 1.37. The number of hydrogen-bond acceptors (Lipinski definition) is 7. The number of nitro benzene ring substituents is 1. The van der Waals surface area contributed by atoms with E-state index in [-0.39, 0.29) is 11.6 Å². The van der Waals surface area contributed by atoms with E-state index in [0.717, 1.165) is 21.2 Å². The van der Waals surface area contributed by atoms with Gasteiger partial charge >= 0.3 is 0 Å². The van der Waals surface area contributed by atoms with E-state index >= 15 is 0 Å². The average Bonchev–Trinajstić information content (AvgIpc) is 3.21. The van der Waals surface area contributed by atoms with Crippen molar-refractivity contribution in [2.75, 3.05) is 0 Å². The van der Waals surface area contributed by atoms with Crippen LogP contribution in [0.15, 0.2) is 82.2 Å². The standard InChI is InChI=1S/C22H16N4O3S2/c27-21(25-23-13-16-4-3-5-18(12-16)26(28)29)17-10-8-15(9-11-17)14-30-22-24-19-6-1-2-7-20(19)31-22/h1-13H,14H2,(H,25,27). The summed E-state index contributed by atoms with van der Waals surface area (Å²) in [5.41, 5.74) is 5.50. The van der Waals surface area contributed by atoms with Gasteiger partial charge in [-0.3, -0.25) is 14.9 Å². The number of carbonyl (C=O) groups excluding carboxylic acids is 1. The van der Waals surface area contributed by atoms with Gasteiger partial charge in [0.1, 0.15) is 0 Å². The Labute approximate surface area is 186 Å². The number of rotatable bonds is 7. The molecule has 4 rings (SSSR count). The Morgan fingerprint density at radius 1 is 1.13 bits per heavy atom. The molecule has 0 aliphatic carbocycles. The number of thioether (sulfide) groups is 1. The molecule has 0 bridgehead atoms. The molecule has 1 heterocycles. The van der Waals surface area contributed by atoms with Crippen LogP contribution in [0, 0.1) is 10.1 Å². The van der Waals surface area contributed by atoms with Crippen molar-refractivity contribution in [3.8, 4) is 0 Å². The van der Waals surface area contributed by atoms with Gasteiger partial charge in [0.05, 0.1) is 21.4 Å². The van der Waals surface area contributed by atoms with Gasteiger partial charge in [0.15, 0.2) is 4.34 Å². The molecule has 1 aromatic heterocycles. The first-order chi connectivity index (χ1) is 15.1. The highest BCUT2D eigenvalue weighted by Gasteiger charge is 2.07. The van der Waals surface area contributed by atoms with Crippen LogP contribution >= 0.6 is 23.1 Å². The third kappa shape index (κ3) is 5.33. The Kier molecular flexibility index (Phi) is 6.34. The van der Waals surface area contributed by atoms with E-state index in [9.17, 15) is 14.9 Å². The highest BCUT2D eigenvalue weighted by atomic mass is 32.2. The minimum absolute atomic E-state index is 0.0328. The van der Waals surface area contributed by atoms with Crippen LogP contribution in [0.5, 0.6) is 0 Å². The fraction of sp³-hybridized carbons (Fsp3) is 0.0455. The maximum Gasteiger partial charge on any atom is 0.271 e. The van der Waals surface area contributed by atoms with E-state index in [0.29, 0.717) is 11.1 Å². The number of amides is 1. The van der Waals surface area contributed by atoms with E-state index < -0.39 is 4.92 Å². The van der Waals surface area contributed by atoms with Crippen LogP contribution < -0.4 is 5.43 Å². The van der Waals surface area contributed by atoms with Crippen LogP contribution in [-0.4, -0.2) is 22.0 Å². The summed E-state index contributed by atoms with van der Waals surface area (Å²) in [5.74, 6) is 0.402. The topological polar surface area (TPSA) is 97.5 Å². The number of fused-ring (bicyclic) bond motifs is 1. The molecule has 1 amide bonds. The monoisotopic (exact) mass is 448 g/mol. The second-order valence-corrected chi connectivity index (χ2v) is 8.74. The number of non-ortho nitro benzene ring substituents is 1. The summed E-state index contributed by atoms with van der Waals surface area (Å²) in [4.78, 5) is 27.2. The lowest BCUT2D eigenvalue weighted by atomic mass is 10.1. The number of thiazole rings is 1.